The van der Waals surface area contributed by atoms with Crippen molar-refractivity contribution in [2.45, 2.75) is 0 Å². The SMILES string of the molecule is O=C([O-])c1ccc(/C=C/C(=O)c2ccc(Cl)cc2Cl)cc1. The molecule has 0 N–H and O–H groups in total. The number of rotatable bonds is 4. The van der Waals surface area contributed by atoms with Crippen LogP contribution in [0.4, 0.5) is 0 Å². The van der Waals surface area contributed by atoms with E-state index in [0.29, 0.717) is 16.1 Å². The Morgan fingerprint density at radius 3 is 2.24 bits per heavy atom. The Morgan fingerprint density at radius 1 is 1.00 bits per heavy atom. The second-order valence-electron chi connectivity index (χ2n) is 4.23. The molecule has 0 aliphatic heterocycles. The highest BCUT2D eigenvalue weighted by Gasteiger charge is 2.07. The van der Waals surface area contributed by atoms with E-state index in [2.05, 4.69) is 0 Å². The summed E-state index contributed by atoms with van der Waals surface area (Å²) in [6.45, 7) is 0. The molecule has 5 heteroatoms. The molecule has 0 saturated carbocycles. The van der Waals surface area contributed by atoms with Gasteiger partial charge in [-0.3, -0.25) is 4.79 Å². The molecule has 0 heterocycles. The molecule has 2 aromatic rings. The lowest BCUT2D eigenvalue weighted by atomic mass is 10.1. The molecule has 0 unspecified atom stereocenters. The second kappa shape index (κ2) is 6.57. The van der Waals surface area contributed by atoms with Gasteiger partial charge < -0.3 is 9.90 Å². The maximum Gasteiger partial charge on any atom is 0.187 e. The molecule has 3 nitrogen and oxygen atoms in total. The Balaban J connectivity index is 2.16. The van der Waals surface area contributed by atoms with Crippen LogP contribution in [-0.4, -0.2) is 11.8 Å². The molecule has 21 heavy (non-hydrogen) atoms. The van der Waals surface area contributed by atoms with Gasteiger partial charge >= 0.3 is 0 Å². The molecule has 0 aromatic heterocycles. The van der Waals surface area contributed by atoms with E-state index in [-0.39, 0.29) is 16.4 Å². The second-order valence-corrected chi connectivity index (χ2v) is 5.07. The van der Waals surface area contributed by atoms with Crippen molar-refractivity contribution in [2.75, 3.05) is 0 Å². The standard InChI is InChI=1S/C16H10Cl2O3/c17-12-6-7-13(14(18)9-12)15(19)8-3-10-1-4-11(5-2-10)16(20)21/h1-9H,(H,20,21)/p-1/b8-3+. The predicted octanol–water partition coefficient (Wildman–Crippen LogP) is 3.25. The third-order valence-corrected chi connectivity index (χ3v) is 3.32. The third-order valence-electron chi connectivity index (χ3n) is 2.77. The zero-order valence-corrected chi connectivity index (χ0v) is 12.2. The zero-order chi connectivity index (χ0) is 15.4. The van der Waals surface area contributed by atoms with Crippen molar-refractivity contribution in [1.29, 1.82) is 0 Å². The van der Waals surface area contributed by atoms with Crippen LogP contribution in [0.15, 0.2) is 48.5 Å². The monoisotopic (exact) mass is 319 g/mol. The zero-order valence-electron chi connectivity index (χ0n) is 10.7. The summed E-state index contributed by atoms with van der Waals surface area (Å²) in [6.07, 6.45) is 2.94. The summed E-state index contributed by atoms with van der Waals surface area (Å²) in [5.41, 5.74) is 1.13. The van der Waals surface area contributed by atoms with Crippen molar-refractivity contribution in [2.24, 2.45) is 0 Å². The quantitative estimate of drug-likeness (QED) is 0.642. The Kier molecular flexibility index (Phi) is 4.78. The smallest absolute Gasteiger partial charge is 0.187 e. The van der Waals surface area contributed by atoms with Crippen LogP contribution in [0, 0.1) is 0 Å². The summed E-state index contributed by atoms with van der Waals surface area (Å²) in [4.78, 5) is 22.6. The molecule has 106 valence electrons. The maximum atomic E-state index is 12.0. The number of halogens is 2. The lowest BCUT2D eigenvalue weighted by Crippen LogP contribution is -2.21. The fourth-order valence-corrected chi connectivity index (χ4v) is 2.18. The third kappa shape index (κ3) is 3.94. The first-order valence-electron chi connectivity index (χ1n) is 5.96. The highest BCUT2D eigenvalue weighted by molar-refractivity contribution is 6.37. The van der Waals surface area contributed by atoms with Crippen molar-refractivity contribution >= 4 is 41.0 Å². The first-order valence-corrected chi connectivity index (χ1v) is 6.72. The molecule has 2 aromatic carbocycles. The van der Waals surface area contributed by atoms with Crippen molar-refractivity contribution in [3.63, 3.8) is 0 Å². The van der Waals surface area contributed by atoms with E-state index in [9.17, 15) is 14.7 Å². The van der Waals surface area contributed by atoms with Gasteiger partial charge in [0.15, 0.2) is 5.78 Å². The molecule has 0 aliphatic rings. The van der Waals surface area contributed by atoms with Crippen LogP contribution in [0.25, 0.3) is 6.08 Å². The summed E-state index contributed by atoms with van der Waals surface area (Å²) >= 11 is 11.7. The van der Waals surface area contributed by atoms with Crippen molar-refractivity contribution < 1.29 is 14.7 Å². The van der Waals surface area contributed by atoms with Crippen LogP contribution in [0.2, 0.25) is 10.0 Å². The number of benzene rings is 2. The number of carbonyl (C=O) groups is 2. The van der Waals surface area contributed by atoms with Gasteiger partial charge in [0.25, 0.3) is 0 Å². The molecule has 0 bridgehead atoms. The normalized spacial score (nSPS) is 10.8. The van der Waals surface area contributed by atoms with Crippen molar-refractivity contribution in [3.05, 3.63) is 75.3 Å². The largest absolute Gasteiger partial charge is 0.545 e. The number of hydrogen-bond acceptors (Lipinski definition) is 3. The Bertz CT molecular complexity index is 719. The Morgan fingerprint density at radius 2 is 1.67 bits per heavy atom. The molecule has 0 aliphatic carbocycles. The Hall–Kier alpha value is -2.10. The minimum Gasteiger partial charge on any atom is -0.545 e. The van der Waals surface area contributed by atoms with E-state index in [1.54, 1.807) is 30.3 Å². The number of carboxylic acid groups (broad SMARTS) is 1. The van der Waals surface area contributed by atoms with Crippen molar-refractivity contribution in [3.8, 4) is 0 Å². The van der Waals surface area contributed by atoms with Crippen LogP contribution >= 0.6 is 23.2 Å². The van der Waals surface area contributed by atoms with E-state index >= 15 is 0 Å². The van der Waals surface area contributed by atoms with E-state index in [1.165, 1.54) is 24.3 Å². The molecule has 0 amide bonds. The average molecular weight is 320 g/mol. The van der Waals surface area contributed by atoms with Gasteiger partial charge in [0.05, 0.1) is 11.0 Å². The average Bonchev–Trinajstić information content (AvgIpc) is 2.45. The topological polar surface area (TPSA) is 57.2 Å². The molecule has 2 rings (SSSR count). The van der Waals surface area contributed by atoms with Crippen LogP contribution in [0.5, 0.6) is 0 Å². The van der Waals surface area contributed by atoms with E-state index in [0.717, 1.165) is 0 Å². The van der Waals surface area contributed by atoms with Gasteiger partial charge in [-0.1, -0.05) is 53.5 Å². The molecule has 0 spiro atoms. The summed E-state index contributed by atoms with van der Waals surface area (Å²) in [5, 5.41) is 11.4. The van der Waals surface area contributed by atoms with Crippen LogP contribution in [0.1, 0.15) is 26.3 Å². The van der Waals surface area contributed by atoms with Gasteiger partial charge in [-0.2, -0.15) is 0 Å². The van der Waals surface area contributed by atoms with E-state index < -0.39 is 5.97 Å². The number of ketones is 1. The predicted molar refractivity (Wildman–Crippen MR) is 80.6 cm³/mol. The molecule has 0 atom stereocenters. The van der Waals surface area contributed by atoms with E-state index in [4.69, 9.17) is 23.2 Å². The van der Waals surface area contributed by atoms with Gasteiger partial charge in [-0.25, -0.2) is 0 Å². The first kappa shape index (κ1) is 15.3. The van der Waals surface area contributed by atoms with Gasteiger partial charge in [0.1, 0.15) is 0 Å². The van der Waals surface area contributed by atoms with Crippen LogP contribution < -0.4 is 5.11 Å². The maximum absolute atomic E-state index is 12.0. The van der Waals surface area contributed by atoms with Crippen LogP contribution in [-0.2, 0) is 0 Å². The number of hydrogen-bond donors (Lipinski definition) is 0. The fourth-order valence-electron chi connectivity index (χ4n) is 1.68. The highest BCUT2D eigenvalue weighted by Crippen LogP contribution is 2.21. The molecule has 0 radical (unpaired) electrons. The summed E-state index contributed by atoms with van der Waals surface area (Å²) in [7, 11) is 0. The highest BCUT2D eigenvalue weighted by atomic mass is 35.5. The lowest BCUT2D eigenvalue weighted by molar-refractivity contribution is -0.255. The molecular formula is C16H9Cl2O3-. The Labute approximate surface area is 131 Å². The number of aromatic carboxylic acids is 1. The number of carboxylic acids is 1. The molecular weight excluding hydrogens is 311 g/mol. The molecule has 0 fully saturated rings. The van der Waals surface area contributed by atoms with Gasteiger partial charge in [-0.15, -0.1) is 0 Å². The van der Waals surface area contributed by atoms with Gasteiger partial charge in [0.2, 0.25) is 0 Å². The summed E-state index contributed by atoms with van der Waals surface area (Å²) in [6, 6.07) is 10.6. The molecule has 0 saturated heterocycles. The fraction of sp³-hybridized carbons (Fsp3) is 0. The van der Waals surface area contributed by atoms with Gasteiger partial charge in [-0.05, 0) is 35.4 Å². The summed E-state index contributed by atoms with van der Waals surface area (Å²) < 4.78 is 0. The van der Waals surface area contributed by atoms with Gasteiger partial charge in [0, 0.05) is 10.6 Å². The lowest BCUT2D eigenvalue weighted by Gasteiger charge is -2.02. The van der Waals surface area contributed by atoms with E-state index in [1.807, 2.05) is 0 Å². The minimum absolute atomic E-state index is 0.0826. The number of allylic oxidation sites excluding steroid dienone is 1. The number of carbonyl (C=O) groups excluding carboxylic acids is 2. The first-order chi connectivity index (χ1) is 9.97. The van der Waals surface area contributed by atoms with Crippen molar-refractivity contribution in [1.82, 2.24) is 0 Å². The minimum atomic E-state index is -1.24. The van der Waals surface area contributed by atoms with Crippen LogP contribution in [0.3, 0.4) is 0 Å². The summed E-state index contributed by atoms with van der Waals surface area (Å²) in [5.74, 6) is -1.50.